The molecule has 0 bridgehead atoms. The molecule has 0 radical (unpaired) electrons. The molecule has 0 saturated heterocycles. The maximum absolute atomic E-state index is 11.3. The van der Waals surface area contributed by atoms with Gasteiger partial charge in [-0.2, -0.15) is 0 Å². The van der Waals surface area contributed by atoms with Crippen LogP contribution in [-0.4, -0.2) is 11.1 Å². The van der Waals surface area contributed by atoms with Gasteiger partial charge in [0, 0.05) is 0 Å². The van der Waals surface area contributed by atoms with E-state index in [0.717, 1.165) is 30.4 Å². The van der Waals surface area contributed by atoms with Gasteiger partial charge in [-0.25, -0.2) is 4.79 Å². The van der Waals surface area contributed by atoms with Gasteiger partial charge in [0.2, 0.25) is 0 Å². The van der Waals surface area contributed by atoms with Gasteiger partial charge >= 0.3 is 5.97 Å². The number of hydrogen-bond donors (Lipinski definition) is 1. The maximum Gasteiger partial charge on any atom is 0.335 e. The Hall–Kier alpha value is -2.87. The average Bonchev–Trinajstić information content (AvgIpc) is 2.65. The van der Waals surface area contributed by atoms with E-state index in [2.05, 4.69) is 65.0 Å². The lowest BCUT2D eigenvalue weighted by Gasteiger charge is -2.15. The van der Waals surface area contributed by atoms with Crippen molar-refractivity contribution in [2.75, 3.05) is 0 Å². The van der Waals surface area contributed by atoms with E-state index in [9.17, 15) is 9.90 Å². The molecule has 0 spiro atoms. The highest BCUT2D eigenvalue weighted by molar-refractivity contribution is 5.88. The molecule has 3 aromatic carbocycles. The molecule has 0 aliphatic carbocycles. The highest BCUT2D eigenvalue weighted by Crippen LogP contribution is 2.23. The van der Waals surface area contributed by atoms with E-state index in [0.29, 0.717) is 5.56 Å². The third-order valence-electron chi connectivity index (χ3n) is 6.20. The normalized spacial score (nSPS) is 11.0. The van der Waals surface area contributed by atoms with Crippen LogP contribution in [0.4, 0.5) is 0 Å². The van der Waals surface area contributed by atoms with Crippen LogP contribution in [0.1, 0.15) is 66.0 Å². The standard InChI is InChI=1S/C28H32O2/c1-17-9-23(16-26(10-17)28(29)30)7-8-27-20(4)13-25(14-21(27)5)15-24-11-18(2)22(6)19(3)12-24/h9-14,16H,7-8,15H2,1-6H3,(H,29,30). The van der Waals surface area contributed by atoms with Crippen LogP contribution >= 0.6 is 0 Å². The van der Waals surface area contributed by atoms with Crippen molar-refractivity contribution in [2.45, 2.75) is 60.8 Å². The number of aryl methyl sites for hydroxylation is 6. The summed E-state index contributed by atoms with van der Waals surface area (Å²) in [7, 11) is 0. The summed E-state index contributed by atoms with van der Waals surface area (Å²) in [5, 5.41) is 9.31. The molecule has 0 heterocycles. The number of rotatable bonds is 6. The van der Waals surface area contributed by atoms with Crippen molar-refractivity contribution in [1.82, 2.24) is 0 Å². The van der Waals surface area contributed by atoms with Crippen molar-refractivity contribution < 1.29 is 9.90 Å². The van der Waals surface area contributed by atoms with Crippen LogP contribution in [0, 0.1) is 41.5 Å². The molecule has 0 aliphatic rings. The zero-order valence-electron chi connectivity index (χ0n) is 19.0. The fourth-order valence-electron chi connectivity index (χ4n) is 4.44. The Morgan fingerprint density at radius 1 is 0.667 bits per heavy atom. The summed E-state index contributed by atoms with van der Waals surface area (Å²) in [6.07, 6.45) is 2.71. The Kier molecular flexibility index (Phi) is 6.45. The number of aromatic carboxylic acids is 1. The van der Waals surface area contributed by atoms with Crippen molar-refractivity contribution >= 4 is 5.97 Å². The van der Waals surface area contributed by atoms with Crippen molar-refractivity contribution in [2.24, 2.45) is 0 Å². The van der Waals surface area contributed by atoms with Crippen LogP contribution in [0.15, 0.2) is 42.5 Å². The molecule has 3 rings (SSSR count). The second-order valence-corrected chi connectivity index (χ2v) is 8.75. The molecular weight excluding hydrogens is 368 g/mol. The van der Waals surface area contributed by atoms with Gasteiger partial charge < -0.3 is 5.11 Å². The zero-order valence-corrected chi connectivity index (χ0v) is 19.0. The lowest BCUT2D eigenvalue weighted by molar-refractivity contribution is 0.0696. The van der Waals surface area contributed by atoms with Crippen molar-refractivity contribution in [1.29, 1.82) is 0 Å². The molecule has 156 valence electrons. The number of carbonyl (C=O) groups is 1. The first-order valence-corrected chi connectivity index (χ1v) is 10.6. The van der Waals surface area contributed by atoms with Crippen LogP contribution in [0.25, 0.3) is 0 Å². The molecule has 2 heteroatoms. The quantitative estimate of drug-likeness (QED) is 0.505. The average molecular weight is 401 g/mol. The largest absolute Gasteiger partial charge is 0.478 e. The topological polar surface area (TPSA) is 37.3 Å². The molecule has 0 atom stereocenters. The van der Waals surface area contributed by atoms with E-state index in [4.69, 9.17) is 0 Å². The number of carboxylic acids is 1. The van der Waals surface area contributed by atoms with E-state index in [1.807, 2.05) is 6.92 Å². The van der Waals surface area contributed by atoms with E-state index in [1.54, 1.807) is 12.1 Å². The van der Waals surface area contributed by atoms with Gasteiger partial charge in [0.1, 0.15) is 0 Å². The smallest absolute Gasteiger partial charge is 0.335 e. The first-order chi connectivity index (χ1) is 14.1. The molecule has 0 aromatic heterocycles. The Bertz CT molecular complexity index is 1060. The summed E-state index contributed by atoms with van der Waals surface area (Å²) in [4.78, 5) is 11.3. The summed E-state index contributed by atoms with van der Waals surface area (Å²) in [6.45, 7) is 12.9. The summed E-state index contributed by atoms with van der Waals surface area (Å²) in [6, 6.07) is 14.9. The Morgan fingerprint density at radius 2 is 1.20 bits per heavy atom. The molecule has 1 N–H and O–H groups in total. The highest BCUT2D eigenvalue weighted by atomic mass is 16.4. The Labute approximate surface area is 180 Å². The zero-order chi connectivity index (χ0) is 22.0. The predicted molar refractivity (Wildman–Crippen MR) is 125 cm³/mol. The fourth-order valence-corrected chi connectivity index (χ4v) is 4.44. The van der Waals surface area contributed by atoms with Crippen molar-refractivity contribution in [3.63, 3.8) is 0 Å². The van der Waals surface area contributed by atoms with Gasteiger partial charge in [-0.3, -0.25) is 0 Å². The SMILES string of the molecule is Cc1cc(CCc2c(C)cc(Cc3cc(C)c(C)c(C)c3)cc2C)cc(C(=O)O)c1. The Morgan fingerprint density at radius 3 is 1.73 bits per heavy atom. The van der Waals surface area contributed by atoms with Gasteiger partial charge in [-0.15, -0.1) is 0 Å². The molecule has 0 aliphatic heterocycles. The minimum Gasteiger partial charge on any atom is -0.478 e. The number of hydrogen-bond acceptors (Lipinski definition) is 1. The first kappa shape index (κ1) is 21.8. The summed E-state index contributed by atoms with van der Waals surface area (Å²) >= 11 is 0. The number of carboxylic acid groups (broad SMARTS) is 1. The second kappa shape index (κ2) is 8.87. The predicted octanol–water partition coefficient (Wildman–Crippen LogP) is 6.61. The fraction of sp³-hybridized carbons (Fsp3) is 0.321. The minimum absolute atomic E-state index is 0.373. The van der Waals surface area contributed by atoms with Crippen LogP contribution in [0.2, 0.25) is 0 Å². The molecular formula is C28H32O2. The second-order valence-electron chi connectivity index (χ2n) is 8.75. The van der Waals surface area contributed by atoms with Crippen LogP contribution in [0.3, 0.4) is 0 Å². The summed E-state index contributed by atoms with van der Waals surface area (Å²) in [5.41, 5.74) is 13.3. The molecule has 30 heavy (non-hydrogen) atoms. The van der Waals surface area contributed by atoms with E-state index < -0.39 is 5.97 Å². The minimum atomic E-state index is -0.863. The van der Waals surface area contributed by atoms with Gasteiger partial charge in [0.25, 0.3) is 0 Å². The van der Waals surface area contributed by atoms with Gasteiger partial charge in [-0.05, 0) is 123 Å². The molecule has 0 saturated carbocycles. The number of benzene rings is 3. The highest BCUT2D eigenvalue weighted by Gasteiger charge is 2.10. The van der Waals surface area contributed by atoms with Crippen molar-refractivity contribution in [3.05, 3.63) is 104 Å². The summed E-state index contributed by atoms with van der Waals surface area (Å²) < 4.78 is 0. The lowest BCUT2D eigenvalue weighted by atomic mass is 9.91. The Balaban J connectivity index is 1.79. The molecule has 0 fully saturated rings. The third kappa shape index (κ3) is 4.99. The van der Waals surface area contributed by atoms with Crippen LogP contribution in [0.5, 0.6) is 0 Å². The molecule has 2 nitrogen and oxygen atoms in total. The van der Waals surface area contributed by atoms with Crippen molar-refractivity contribution in [3.8, 4) is 0 Å². The van der Waals surface area contributed by atoms with Gasteiger partial charge in [0.05, 0.1) is 5.56 Å². The third-order valence-corrected chi connectivity index (χ3v) is 6.20. The first-order valence-electron chi connectivity index (χ1n) is 10.6. The van der Waals surface area contributed by atoms with Gasteiger partial charge in [0.15, 0.2) is 0 Å². The van der Waals surface area contributed by atoms with Gasteiger partial charge in [-0.1, -0.05) is 35.9 Å². The van der Waals surface area contributed by atoms with E-state index in [1.165, 1.54) is 44.5 Å². The molecule has 0 amide bonds. The monoisotopic (exact) mass is 400 g/mol. The lowest BCUT2D eigenvalue weighted by Crippen LogP contribution is -2.03. The van der Waals surface area contributed by atoms with E-state index >= 15 is 0 Å². The van der Waals surface area contributed by atoms with E-state index in [-0.39, 0.29) is 0 Å². The summed E-state index contributed by atoms with van der Waals surface area (Å²) in [5.74, 6) is -0.863. The molecule has 3 aromatic rings. The van der Waals surface area contributed by atoms with Crippen LogP contribution < -0.4 is 0 Å². The molecule has 0 unspecified atom stereocenters. The maximum atomic E-state index is 11.3. The van der Waals surface area contributed by atoms with Crippen LogP contribution in [-0.2, 0) is 19.3 Å².